The number of hydrogen-bond acceptors (Lipinski definition) is 3. The van der Waals surface area contributed by atoms with Crippen molar-refractivity contribution in [3.8, 4) is 0 Å². The maximum absolute atomic E-state index is 5.69. The molecule has 0 saturated carbocycles. The van der Waals surface area contributed by atoms with Crippen molar-refractivity contribution in [1.29, 1.82) is 0 Å². The molecule has 0 aliphatic rings. The van der Waals surface area contributed by atoms with Gasteiger partial charge >= 0.3 is 0 Å². The number of fused-ring (bicyclic) bond motifs is 1. The smallest absolute Gasteiger partial charge is 0.181 e. The largest absolute Gasteiger partial charge is 0.397 e. The maximum Gasteiger partial charge on any atom is 0.181 e. The summed E-state index contributed by atoms with van der Waals surface area (Å²) in [6.07, 6.45) is 2.70. The van der Waals surface area contributed by atoms with E-state index in [1.807, 2.05) is 6.07 Å². The number of nitrogens with one attached hydrogen (secondary N) is 1. The first kappa shape index (κ1) is 8.99. The minimum atomic E-state index is 0.462. The highest BCUT2D eigenvalue weighted by Gasteiger charge is 2.11. The fraction of sp³-hybridized carbons (Fsp3) is 0.400. The van der Waals surface area contributed by atoms with Crippen LogP contribution < -0.4 is 5.73 Å². The number of aromatic amines is 1. The Bertz CT molecular complexity index is 446. The summed E-state index contributed by atoms with van der Waals surface area (Å²) in [7, 11) is 0. The topological polar surface area (TPSA) is 67.6 Å². The zero-order valence-corrected chi connectivity index (χ0v) is 8.41. The number of hydrogen-bond donors (Lipinski definition) is 2. The van der Waals surface area contributed by atoms with Gasteiger partial charge in [0.05, 0.1) is 11.9 Å². The molecule has 4 heteroatoms. The first-order valence-electron chi connectivity index (χ1n) is 4.82. The standard InChI is InChI=1S/C10H14N4/c1-3-6(2)9-8-4-7(11)5-12-10(8)14-13-9/h4-6H,3,11H2,1-2H3,(H,12,13,14). The van der Waals surface area contributed by atoms with Crippen LogP contribution in [0.5, 0.6) is 0 Å². The van der Waals surface area contributed by atoms with E-state index in [0.29, 0.717) is 11.6 Å². The van der Waals surface area contributed by atoms with E-state index in [1.165, 1.54) is 0 Å². The van der Waals surface area contributed by atoms with Crippen LogP contribution >= 0.6 is 0 Å². The molecule has 0 aliphatic carbocycles. The van der Waals surface area contributed by atoms with Gasteiger partial charge in [0.2, 0.25) is 0 Å². The summed E-state index contributed by atoms with van der Waals surface area (Å²) in [4.78, 5) is 4.15. The van der Waals surface area contributed by atoms with Crippen LogP contribution in [0.2, 0.25) is 0 Å². The van der Waals surface area contributed by atoms with Gasteiger partial charge in [-0.1, -0.05) is 13.8 Å². The first-order valence-corrected chi connectivity index (χ1v) is 4.82. The number of nitrogen functional groups attached to an aromatic ring is 1. The van der Waals surface area contributed by atoms with Crippen LogP contribution in [0.3, 0.4) is 0 Å². The summed E-state index contributed by atoms with van der Waals surface area (Å²) < 4.78 is 0. The number of rotatable bonds is 2. The third kappa shape index (κ3) is 1.32. The first-order chi connectivity index (χ1) is 6.72. The molecular formula is C10H14N4. The van der Waals surface area contributed by atoms with Gasteiger partial charge in [-0.05, 0) is 18.4 Å². The fourth-order valence-corrected chi connectivity index (χ4v) is 1.51. The molecule has 0 saturated heterocycles. The number of anilines is 1. The van der Waals surface area contributed by atoms with Crippen LogP contribution in [0.1, 0.15) is 31.9 Å². The van der Waals surface area contributed by atoms with Gasteiger partial charge in [-0.25, -0.2) is 4.98 Å². The zero-order chi connectivity index (χ0) is 10.1. The molecule has 4 nitrogen and oxygen atoms in total. The van der Waals surface area contributed by atoms with Crippen molar-refractivity contribution < 1.29 is 0 Å². The Labute approximate surface area is 82.5 Å². The second-order valence-corrected chi connectivity index (χ2v) is 3.59. The molecule has 0 radical (unpaired) electrons. The predicted octanol–water partition coefficient (Wildman–Crippen LogP) is 2.05. The lowest BCUT2D eigenvalue weighted by molar-refractivity contribution is 0.708. The maximum atomic E-state index is 5.69. The van der Waals surface area contributed by atoms with Crippen molar-refractivity contribution in [2.75, 3.05) is 5.73 Å². The van der Waals surface area contributed by atoms with E-state index in [9.17, 15) is 0 Å². The second kappa shape index (κ2) is 3.29. The van der Waals surface area contributed by atoms with Gasteiger partial charge in [0.15, 0.2) is 5.65 Å². The zero-order valence-electron chi connectivity index (χ0n) is 8.41. The van der Waals surface area contributed by atoms with Crippen molar-refractivity contribution in [2.45, 2.75) is 26.2 Å². The van der Waals surface area contributed by atoms with Crippen LogP contribution in [0.25, 0.3) is 11.0 Å². The summed E-state index contributed by atoms with van der Waals surface area (Å²) in [5.74, 6) is 0.462. The molecule has 74 valence electrons. The molecule has 0 amide bonds. The van der Waals surface area contributed by atoms with Gasteiger partial charge in [0, 0.05) is 11.1 Å². The molecule has 2 heterocycles. The van der Waals surface area contributed by atoms with Gasteiger partial charge < -0.3 is 5.73 Å². The van der Waals surface area contributed by atoms with Gasteiger partial charge in [-0.2, -0.15) is 5.10 Å². The summed E-state index contributed by atoms with van der Waals surface area (Å²) in [5, 5.41) is 8.20. The van der Waals surface area contributed by atoms with Crippen LogP contribution in [0.15, 0.2) is 12.3 Å². The Hall–Kier alpha value is -1.58. The van der Waals surface area contributed by atoms with Crippen molar-refractivity contribution in [3.05, 3.63) is 18.0 Å². The molecular weight excluding hydrogens is 176 g/mol. The normalized spacial score (nSPS) is 13.3. The van der Waals surface area contributed by atoms with Crippen LogP contribution in [-0.4, -0.2) is 15.2 Å². The minimum absolute atomic E-state index is 0.462. The lowest BCUT2D eigenvalue weighted by atomic mass is 10.0. The average molecular weight is 190 g/mol. The van der Waals surface area contributed by atoms with Crippen molar-refractivity contribution >= 4 is 16.7 Å². The Kier molecular flexibility index (Phi) is 2.11. The molecule has 1 unspecified atom stereocenters. The van der Waals surface area contributed by atoms with Crippen molar-refractivity contribution in [3.63, 3.8) is 0 Å². The lowest BCUT2D eigenvalue weighted by Crippen LogP contribution is -1.93. The third-order valence-corrected chi connectivity index (χ3v) is 2.57. The Morgan fingerprint density at radius 1 is 1.57 bits per heavy atom. The second-order valence-electron chi connectivity index (χ2n) is 3.59. The molecule has 2 aromatic rings. The Morgan fingerprint density at radius 3 is 3.07 bits per heavy atom. The van der Waals surface area contributed by atoms with Gasteiger partial charge in [-0.3, -0.25) is 5.10 Å². The summed E-state index contributed by atoms with van der Waals surface area (Å²) in [6.45, 7) is 4.31. The molecule has 2 aromatic heterocycles. The van der Waals surface area contributed by atoms with E-state index in [4.69, 9.17) is 5.73 Å². The van der Waals surface area contributed by atoms with Crippen LogP contribution in [0.4, 0.5) is 5.69 Å². The Morgan fingerprint density at radius 2 is 2.36 bits per heavy atom. The molecule has 0 spiro atoms. The highest BCUT2D eigenvalue weighted by atomic mass is 15.1. The van der Waals surface area contributed by atoms with Gasteiger partial charge in [0.1, 0.15) is 0 Å². The van der Waals surface area contributed by atoms with Crippen LogP contribution in [-0.2, 0) is 0 Å². The molecule has 0 aromatic carbocycles. The van der Waals surface area contributed by atoms with E-state index in [1.54, 1.807) is 6.20 Å². The fourth-order valence-electron chi connectivity index (χ4n) is 1.51. The summed E-state index contributed by atoms with van der Waals surface area (Å²) in [5.41, 5.74) is 8.25. The molecule has 0 bridgehead atoms. The van der Waals surface area contributed by atoms with Crippen molar-refractivity contribution in [2.24, 2.45) is 0 Å². The van der Waals surface area contributed by atoms with E-state index >= 15 is 0 Å². The average Bonchev–Trinajstić information content (AvgIpc) is 2.59. The third-order valence-electron chi connectivity index (χ3n) is 2.57. The molecule has 0 aliphatic heterocycles. The number of pyridine rings is 1. The Balaban J connectivity index is 2.61. The van der Waals surface area contributed by atoms with E-state index < -0.39 is 0 Å². The van der Waals surface area contributed by atoms with Gasteiger partial charge in [-0.15, -0.1) is 0 Å². The van der Waals surface area contributed by atoms with E-state index in [2.05, 4.69) is 29.0 Å². The number of H-pyrrole nitrogens is 1. The summed E-state index contributed by atoms with van der Waals surface area (Å²) >= 11 is 0. The highest BCUT2D eigenvalue weighted by molar-refractivity contribution is 5.80. The van der Waals surface area contributed by atoms with Crippen LogP contribution in [0, 0.1) is 0 Å². The lowest BCUT2D eigenvalue weighted by Gasteiger charge is -2.05. The van der Waals surface area contributed by atoms with Crippen molar-refractivity contribution in [1.82, 2.24) is 15.2 Å². The molecule has 0 fully saturated rings. The summed E-state index contributed by atoms with van der Waals surface area (Å²) in [6, 6.07) is 1.92. The predicted molar refractivity (Wildman–Crippen MR) is 57.0 cm³/mol. The monoisotopic (exact) mass is 190 g/mol. The molecule has 14 heavy (non-hydrogen) atoms. The van der Waals surface area contributed by atoms with E-state index in [-0.39, 0.29) is 0 Å². The highest BCUT2D eigenvalue weighted by Crippen LogP contribution is 2.25. The number of nitrogens with zero attached hydrogens (tertiary/aromatic N) is 2. The minimum Gasteiger partial charge on any atom is -0.397 e. The molecule has 3 N–H and O–H groups in total. The quantitative estimate of drug-likeness (QED) is 0.761. The van der Waals surface area contributed by atoms with E-state index in [0.717, 1.165) is 23.1 Å². The molecule has 2 rings (SSSR count). The molecule has 1 atom stereocenters. The number of nitrogens with two attached hydrogens (primary N) is 1. The number of aromatic nitrogens is 3. The SMILES string of the molecule is CCC(C)c1[nH]nc2ncc(N)cc12. The van der Waals surface area contributed by atoms with Gasteiger partial charge in [0.25, 0.3) is 0 Å².